The van der Waals surface area contributed by atoms with E-state index in [1.807, 2.05) is 0 Å². The quantitative estimate of drug-likeness (QED) is 0.109. The molecule has 4 aliphatic rings. The number of allylic oxidation sites excluding steroid dienone is 2. The van der Waals surface area contributed by atoms with Crippen molar-refractivity contribution >= 4 is 5.76 Å². The van der Waals surface area contributed by atoms with Gasteiger partial charge in [-0.05, 0) is 12.1 Å². The van der Waals surface area contributed by atoms with E-state index in [-0.39, 0.29) is 34.2 Å². The molecule has 0 radical (unpaired) electrons. The Morgan fingerprint density at radius 2 is 1.40 bits per heavy atom. The first-order valence-corrected chi connectivity index (χ1v) is 13.2. The van der Waals surface area contributed by atoms with Gasteiger partial charge in [-0.2, -0.15) is 0 Å². The smallest absolute Gasteiger partial charge is 0.305 e. The van der Waals surface area contributed by atoms with Crippen LogP contribution in [0.5, 0.6) is 11.5 Å². The Labute approximate surface area is 243 Å². The van der Waals surface area contributed by atoms with Crippen molar-refractivity contribution in [1.82, 2.24) is 0 Å². The minimum atomic E-state index is -1.88. The Balaban J connectivity index is 1.53. The maximum Gasteiger partial charge on any atom is 0.305 e. The van der Waals surface area contributed by atoms with Crippen LogP contribution in [0.25, 0.3) is 5.76 Å². The van der Waals surface area contributed by atoms with E-state index in [9.17, 15) is 56.2 Å². The van der Waals surface area contributed by atoms with Crippen LogP contribution in [0.3, 0.4) is 0 Å². The number of phenols is 2. The SMILES string of the molecule is OC[C@H]1O[C@@H](O[C@H]2[C@H](OC3=C(c4ccc(O)c(O)c4)[OH+]C4C=C(O)C=C(O)C4=C3)O[C@H](CO)[C@@H](O)[C@@H]2O)[C@H](O)[C@@H](O)[C@@H]1O. The average Bonchev–Trinajstić information content (AvgIpc) is 2.98. The molecule has 16 nitrogen and oxygen atoms in total. The van der Waals surface area contributed by atoms with Gasteiger partial charge in [0.2, 0.25) is 18.2 Å². The van der Waals surface area contributed by atoms with E-state index in [2.05, 4.69) is 4.74 Å². The molecule has 3 heterocycles. The summed E-state index contributed by atoms with van der Waals surface area (Å²) in [7, 11) is 0. The number of ether oxygens (including phenoxy) is 5. The van der Waals surface area contributed by atoms with Crippen LogP contribution >= 0.6 is 0 Å². The van der Waals surface area contributed by atoms with Crippen LogP contribution in [-0.2, 0) is 18.9 Å². The van der Waals surface area contributed by atoms with E-state index in [0.29, 0.717) is 0 Å². The highest BCUT2D eigenvalue weighted by molar-refractivity contribution is 5.69. The van der Waals surface area contributed by atoms with Crippen LogP contribution in [0, 0.1) is 0 Å². The van der Waals surface area contributed by atoms with Gasteiger partial charge >= 0.3 is 5.76 Å². The largest absolute Gasteiger partial charge is 0.571 e. The topological polar surface area (TPSA) is 272 Å². The summed E-state index contributed by atoms with van der Waals surface area (Å²) in [4.78, 5) is 0. The van der Waals surface area contributed by atoms with E-state index in [0.717, 1.165) is 12.1 Å². The molecule has 1 aliphatic carbocycles. The maximum absolute atomic E-state index is 11.0. The number of hydrogen-bond acceptors (Lipinski definition) is 15. The summed E-state index contributed by atoms with van der Waals surface area (Å²) in [6, 6.07) is 3.73. The van der Waals surface area contributed by atoms with Crippen molar-refractivity contribution in [2.24, 2.45) is 0 Å². The van der Waals surface area contributed by atoms with Gasteiger partial charge in [-0.25, -0.2) is 0 Å². The average molecular weight is 614 g/mol. The number of aliphatic hydroxyl groups excluding tert-OH is 9. The lowest BCUT2D eigenvalue weighted by Crippen LogP contribution is -2.64. The van der Waals surface area contributed by atoms with Gasteiger partial charge in [-0.3, -0.25) is 0 Å². The Hall–Kier alpha value is -3.42. The summed E-state index contributed by atoms with van der Waals surface area (Å²) < 4.78 is 27.3. The number of fused-ring (bicyclic) bond motifs is 1. The molecular weight excluding hydrogens is 580 g/mol. The zero-order valence-corrected chi connectivity index (χ0v) is 22.2. The van der Waals surface area contributed by atoms with E-state index < -0.39 is 92.2 Å². The maximum atomic E-state index is 11.0. The van der Waals surface area contributed by atoms with Crippen molar-refractivity contribution in [3.05, 3.63) is 64.8 Å². The van der Waals surface area contributed by atoms with E-state index in [1.165, 1.54) is 24.3 Å². The first kappa shape index (κ1) is 31.0. The van der Waals surface area contributed by atoms with Crippen LogP contribution in [0.15, 0.2) is 59.3 Å². The first-order valence-electron chi connectivity index (χ1n) is 13.2. The predicted octanol–water partition coefficient (Wildman–Crippen LogP) is -2.86. The molecule has 12 N–H and O–H groups in total. The third-order valence-electron chi connectivity index (χ3n) is 7.47. The van der Waals surface area contributed by atoms with Gasteiger partial charge in [0.1, 0.15) is 54.2 Å². The monoisotopic (exact) mass is 613 g/mol. The summed E-state index contributed by atoms with van der Waals surface area (Å²) in [5.41, 5.74) is 0.366. The Kier molecular flexibility index (Phi) is 8.87. The van der Waals surface area contributed by atoms with Gasteiger partial charge in [0.05, 0.1) is 30.4 Å². The van der Waals surface area contributed by atoms with Crippen LogP contribution in [0.4, 0.5) is 0 Å². The third-order valence-corrected chi connectivity index (χ3v) is 7.47. The fraction of sp³-hybridized carbons (Fsp3) is 0.481. The minimum Gasteiger partial charge on any atom is -0.571 e. The van der Waals surface area contributed by atoms with Crippen LogP contribution in [-0.4, -0.2) is 142 Å². The van der Waals surface area contributed by atoms with E-state index >= 15 is 0 Å². The summed E-state index contributed by atoms with van der Waals surface area (Å²) in [6.07, 6.45) is -14.2. The number of phenolic OH excluding ortho intramolecular Hbond substituents is 2. The summed E-state index contributed by atoms with van der Waals surface area (Å²) >= 11 is 0. The van der Waals surface area contributed by atoms with Gasteiger partial charge in [0, 0.05) is 18.2 Å². The number of rotatable bonds is 7. The van der Waals surface area contributed by atoms with Crippen molar-refractivity contribution in [3.63, 3.8) is 0 Å². The van der Waals surface area contributed by atoms with E-state index in [1.54, 1.807) is 0 Å². The van der Waals surface area contributed by atoms with Crippen molar-refractivity contribution < 1.29 is 79.9 Å². The van der Waals surface area contributed by atoms with Crippen molar-refractivity contribution in [2.45, 2.75) is 67.5 Å². The van der Waals surface area contributed by atoms with Gasteiger partial charge in [0.25, 0.3) is 0 Å². The van der Waals surface area contributed by atoms with Gasteiger partial charge in [0.15, 0.2) is 23.9 Å². The second kappa shape index (κ2) is 12.3. The highest BCUT2D eigenvalue weighted by Gasteiger charge is 2.52. The first-order chi connectivity index (χ1) is 20.4. The molecule has 0 amide bonds. The lowest BCUT2D eigenvalue weighted by molar-refractivity contribution is -0.363. The molecule has 0 saturated carbocycles. The van der Waals surface area contributed by atoms with Crippen molar-refractivity contribution in [3.8, 4) is 11.5 Å². The van der Waals surface area contributed by atoms with Gasteiger partial charge in [-0.15, -0.1) is 0 Å². The zero-order valence-electron chi connectivity index (χ0n) is 22.2. The normalized spacial score (nSPS) is 37.9. The lowest BCUT2D eigenvalue weighted by Gasteiger charge is -2.46. The molecule has 0 spiro atoms. The molecule has 5 rings (SSSR count). The summed E-state index contributed by atoms with van der Waals surface area (Å²) in [6.45, 7) is -1.54. The molecule has 1 aromatic rings. The highest BCUT2D eigenvalue weighted by Crippen LogP contribution is 2.39. The number of aliphatic hydroxyl groups is 11. The molecule has 11 atom stereocenters. The van der Waals surface area contributed by atoms with Crippen LogP contribution in [0.2, 0.25) is 0 Å². The molecule has 16 heteroatoms. The van der Waals surface area contributed by atoms with Gasteiger partial charge in [-0.1, -0.05) is 0 Å². The highest BCUT2D eigenvalue weighted by atomic mass is 16.8. The Morgan fingerprint density at radius 3 is 2.05 bits per heavy atom. The minimum absolute atomic E-state index is 0.0131. The van der Waals surface area contributed by atoms with Crippen molar-refractivity contribution in [2.75, 3.05) is 13.2 Å². The molecule has 1 aromatic carbocycles. The Bertz CT molecular complexity index is 1320. The Morgan fingerprint density at radius 1 is 0.744 bits per heavy atom. The fourth-order valence-corrected chi connectivity index (χ4v) is 5.09. The molecule has 0 aromatic heterocycles. The fourth-order valence-electron chi connectivity index (χ4n) is 5.09. The van der Waals surface area contributed by atoms with Crippen LogP contribution in [0.1, 0.15) is 5.56 Å². The van der Waals surface area contributed by atoms with Crippen LogP contribution < -0.4 is 0 Å². The molecule has 236 valence electrons. The molecule has 2 saturated heterocycles. The number of aromatic hydroxyl groups is 2. The second-order valence-electron chi connectivity index (χ2n) is 10.3. The second-order valence-corrected chi connectivity index (χ2v) is 10.3. The summed E-state index contributed by atoms with van der Waals surface area (Å²) in [5, 5.41) is 112. The molecule has 43 heavy (non-hydrogen) atoms. The number of benzene rings is 1. The van der Waals surface area contributed by atoms with Crippen molar-refractivity contribution in [1.29, 1.82) is 0 Å². The van der Waals surface area contributed by atoms with E-state index in [4.69, 9.17) is 18.9 Å². The molecular formula is C27H33O16+. The lowest BCUT2D eigenvalue weighted by atomic mass is 9.96. The molecule has 2 fully saturated rings. The van der Waals surface area contributed by atoms with Gasteiger partial charge < -0.3 is 79.9 Å². The molecule has 3 aliphatic heterocycles. The summed E-state index contributed by atoms with van der Waals surface area (Å²) in [5.74, 6) is -1.70. The molecule has 1 unspecified atom stereocenters. The zero-order chi connectivity index (χ0) is 31.2. The number of hydrogen-bond donors (Lipinski definition) is 11. The predicted molar refractivity (Wildman–Crippen MR) is 140 cm³/mol. The third kappa shape index (κ3) is 5.89. The standard InChI is InChI=1S/C27H32O16/c28-7-17-19(34)21(36)23(38)26(41-17)43-25-22(37)20(35)18(8-29)42-27(25)40-16-6-11-13(32)4-10(30)5-15(11)39-24(16)9-1-2-12(31)14(33)3-9/h1-6,15,17-23,25-38H,7-8H2/p+1/t15?,17-,18-,19-,20-,21+,22+,23-,25-,26+,27-/m1/s1. The molecule has 0 bridgehead atoms.